The highest BCUT2D eigenvalue weighted by Crippen LogP contribution is 2.32. The fourth-order valence-corrected chi connectivity index (χ4v) is 3.03. The van der Waals surface area contributed by atoms with E-state index < -0.39 is 17.4 Å². The molecule has 0 aromatic heterocycles. The minimum atomic E-state index is -1.36. The van der Waals surface area contributed by atoms with Crippen molar-refractivity contribution < 1.29 is 19.1 Å². The van der Waals surface area contributed by atoms with E-state index in [2.05, 4.69) is 17.9 Å². The summed E-state index contributed by atoms with van der Waals surface area (Å²) in [5, 5.41) is 0. The lowest BCUT2D eigenvalue weighted by Crippen LogP contribution is -2.41. The first-order valence-corrected chi connectivity index (χ1v) is 9.01. The Morgan fingerprint density at radius 2 is 1.67 bits per heavy atom. The zero-order valence-corrected chi connectivity index (χ0v) is 15.2. The molecule has 24 heavy (non-hydrogen) atoms. The van der Waals surface area contributed by atoms with Crippen LogP contribution in [0.1, 0.15) is 65.7 Å². The van der Waals surface area contributed by atoms with E-state index in [4.69, 9.17) is 9.47 Å². The van der Waals surface area contributed by atoms with Crippen LogP contribution in [0.25, 0.3) is 0 Å². The summed E-state index contributed by atoms with van der Waals surface area (Å²) in [5.74, 6) is 5.09. The Bertz CT molecular complexity index is 472. The van der Waals surface area contributed by atoms with Crippen LogP contribution >= 0.6 is 0 Å². The van der Waals surface area contributed by atoms with E-state index in [-0.39, 0.29) is 26.1 Å². The van der Waals surface area contributed by atoms with Gasteiger partial charge in [0.1, 0.15) is 0 Å². The van der Waals surface area contributed by atoms with Crippen molar-refractivity contribution in [1.82, 2.24) is 0 Å². The van der Waals surface area contributed by atoms with Crippen molar-refractivity contribution in [2.75, 3.05) is 13.2 Å². The van der Waals surface area contributed by atoms with Crippen LogP contribution in [0.5, 0.6) is 0 Å². The van der Waals surface area contributed by atoms with Crippen LogP contribution in [0.4, 0.5) is 0 Å². The lowest BCUT2D eigenvalue weighted by atomic mass is 9.80. The Labute approximate surface area is 146 Å². The average molecular weight is 334 g/mol. The van der Waals surface area contributed by atoms with E-state index in [1.165, 1.54) is 32.1 Å². The molecule has 134 valence electrons. The second-order valence-electron chi connectivity index (χ2n) is 6.16. The summed E-state index contributed by atoms with van der Waals surface area (Å²) in [6.07, 6.45) is 10.6. The molecular formula is C20H30O4. The van der Waals surface area contributed by atoms with Crippen LogP contribution in [0, 0.1) is 23.2 Å². The first kappa shape index (κ1) is 20.3. The summed E-state index contributed by atoms with van der Waals surface area (Å²) in [6.45, 7) is 5.62. The number of ether oxygens (including phenoxy) is 2. The van der Waals surface area contributed by atoms with E-state index >= 15 is 0 Å². The quantitative estimate of drug-likeness (QED) is 0.291. The van der Waals surface area contributed by atoms with E-state index in [1.807, 2.05) is 6.08 Å². The molecule has 0 aromatic rings. The van der Waals surface area contributed by atoms with Gasteiger partial charge in [0, 0.05) is 6.42 Å². The molecule has 0 N–H and O–H groups in total. The third-order valence-electron chi connectivity index (χ3n) is 4.42. The molecule has 0 heterocycles. The molecule has 0 unspecified atom stereocenters. The lowest BCUT2D eigenvalue weighted by molar-refractivity contribution is -0.171. The van der Waals surface area contributed by atoms with Gasteiger partial charge in [-0.3, -0.25) is 9.59 Å². The molecule has 0 atom stereocenters. The van der Waals surface area contributed by atoms with Crippen molar-refractivity contribution in [3.8, 4) is 11.8 Å². The van der Waals surface area contributed by atoms with Gasteiger partial charge in [0.2, 0.25) is 0 Å². The number of rotatable bonds is 8. The van der Waals surface area contributed by atoms with E-state index in [1.54, 1.807) is 20.8 Å². The van der Waals surface area contributed by atoms with Crippen LogP contribution in [-0.2, 0) is 19.1 Å². The number of hydrogen-bond donors (Lipinski definition) is 0. The Hall–Kier alpha value is -1.76. The highest BCUT2D eigenvalue weighted by atomic mass is 16.6. The molecule has 1 saturated carbocycles. The largest absolute Gasteiger partial charge is 0.465 e. The Morgan fingerprint density at radius 1 is 1.08 bits per heavy atom. The highest BCUT2D eigenvalue weighted by molar-refractivity contribution is 6.00. The van der Waals surface area contributed by atoms with Gasteiger partial charge >= 0.3 is 11.9 Å². The zero-order valence-electron chi connectivity index (χ0n) is 15.2. The zero-order chi connectivity index (χ0) is 17.8. The van der Waals surface area contributed by atoms with Crippen molar-refractivity contribution >= 4 is 11.9 Å². The maximum absolute atomic E-state index is 12.5. The van der Waals surface area contributed by atoms with Crippen molar-refractivity contribution in [2.24, 2.45) is 11.3 Å². The first-order chi connectivity index (χ1) is 11.6. The summed E-state index contributed by atoms with van der Waals surface area (Å²) in [4.78, 5) is 25.1. The molecule has 0 aliphatic heterocycles. The Balaban J connectivity index is 2.97. The van der Waals surface area contributed by atoms with Crippen LogP contribution in [0.3, 0.4) is 0 Å². The maximum atomic E-state index is 12.5. The van der Waals surface area contributed by atoms with Crippen LogP contribution in [-0.4, -0.2) is 25.2 Å². The molecule has 1 rings (SSSR count). The maximum Gasteiger partial charge on any atom is 0.324 e. The highest BCUT2D eigenvalue weighted by Gasteiger charge is 2.47. The molecule has 0 spiro atoms. The summed E-state index contributed by atoms with van der Waals surface area (Å²) in [5.41, 5.74) is -1.36. The van der Waals surface area contributed by atoms with E-state index in [9.17, 15) is 9.59 Å². The Kier molecular flexibility index (Phi) is 9.22. The topological polar surface area (TPSA) is 52.6 Å². The summed E-state index contributed by atoms with van der Waals surface area (Å²) < 4.78 is 10.3. The number of allylic oxidation sites excluding steroid dienone is 2. The minimum Gasteiger partial charge on any atom is -0.465 e. The van der Waals surface area contributed by atoms with Gasteiger partial charge in [-0.25, -0.2) is 0 Å². The van der Waals surface area contributed by atoms with Gasteiger partial charge in [0.15, 0.2) is 5.41 Å². The van der Waals surface area contributed by atoms with Gasteiger partial charge < -0.3 is 9.47 Å². The molecule has 1 aliphatic carbocycles. The van der Waals surface area contributed by atoms with Crippen LogP contribution in [0.15, 0.2) is 12.2 Å². The van der Waals surface area contributed by atoms with Crippen molar-refractivity contribution in [3.05, 3.63) is 12.2 Å². The number of esters is 2. The molecule has 0 amide bonds. The average Bonchev–Trinajstić information content (AvgIpc) is 2.59. The predicted octanol–water partition coefficient (Wildman–Crippen LogP) is 4.04. The lowest BCUT2D eigenvalue weighted by Gasteiger charge is -2.26. The van der Waals surface area contributed by atoms with Crippen molar-refractivity contribution in [2.45, 2.75) is 65.7 Å². The van der Waals surface area contributed by atoms with Gasteiger partial charge in [-0.05, 0) is 46.0 Å². The standard InChI is InChI=1S/C20H30O4/c1-4-7-15-20(18(21)23-5-2,19(22)24-6-3)16-11-14-17-12-9-8-10-13-17/h11,14,17H,5-6,8-10,12-13,15-16H2,1-3H3/b14-11+. The van der Waals surface area contributed by atoms with Crippen LogP contribution < -0.4 is 0 Å². The minimum absolute atomic E-state index is 0.121. The Morgan fingerprint density at radius 3 is 2.17 bits per heavy atom. The second kappa shape index (κ2) is 10.9. The van der Waals surface area contributed by atoms with Gasteiger partial charge in [-0.15, -0.1) is 11.8 Å². The molecule has 0 aromatic carbocycles. The van der Waals surface area contributed by atoms with Gasteiger partial charge in [-0.2, -0.15) is 0 Å². The summed E-state index contributed by atoms with van der Waals surface area (Å²) >= 11 is 0. The summed E-state index contributed by atoms with van der Waals surface area (Å²) in [7, 11) is 0. The fourth-order valence-electron chi connectivity index (χ4n) is 3.03. The normalized spacial score (nSPS) is 15.6. The molecule has 4 heteroatoms. The van der Waals surface area contributed by atoms with Crippen molar-refractivity contribution in [3.63, 3.8) is 0 Å². The predicted molar refractivity (Wildman–Crippen MR) is 94.1 cm³/mol. The number of hydrogen-bond acceptors (Lipinski definition) is 4. The van der Waals surface area contributed by atoms with E-state index in [0.717, 1.165) is 0 Å². The van der Waals surface area contributed by atoms with Gasteiger partial charge in [-0.1, -0.05) is 31.4 Å². The number of carbonyl (C=O) groups excluding carboxylic acids is 2. The molecule has 0 saturated heterocycles. The molecule has 1 fully saturated rings. The molecule has 4 nitrogen and oxygen atoms in total. The number of carbonyl (C=O) groups is 2. The SMILES string of the molecule is CC#CCC(C/C=C/C1CCCCC1)(C(=O)OCC)C(=O)OCC. The molecule has 1 aliphatic rings. The van der Waals surface area contributed by atoms with E-state index in [0.29, 0.717) is 5.92 Å². The molecule has 0 radical (unpaired) electrons. The molecule has 0 bridgehead atoms. The summed E-state index contributed by atoms with van der Waals surface area (Å²) in [6, 6.07) is 0. The third kappa shape index (κ3) is 5.70. The van der Waals surface area contributed by atoms with Crippen molar-refractivity contribution in [1.29, 1.82) is 0 Å². The van der Waals surface area contributed by atoms with Gasteiger partial charge in [0.05, 0.1) is 13.2 Å². The fraction of sp³-hybridized carbons (Fsp3) is 0.700. The molecular weight excluding hydrogens is 304 g/mol. The third-order valence-corrected chi connectivity index (χ3v) is 4.42. The van der Waals surface area contributed by atoms with Gasteiger partial charge in [0.25, 0.3) is 0 Å². The first-order valence-electron chi connectivity index (χ1n) is 9.01. The monoisotopic (exact) mass is 334 g/mol. The second-order valence-corrected chi connectivity index (χ2v) is 6.16. The van der Waals surface area contributed by atoms with Crippen LogP contribution in [0.2, 0.25) is 0 Å². The smallest absolute Gasteiger partial charge is 0.324 e.